The van der Waals surface area contributed by atoms with Gasteiger partial charge >= 0.3 is 0 Å². The van der Waals surface area contributed by atoms with Gasteiger partial charge in [0.15, 0.2) is 5.17 Å². The van der Waals surface area contributed by atoms with Gasteiger partial charge in [0.2, 0.25) is 0 Å². The Kier molecular flexibility index (Phi) is 3.06. The van der Waals surface area contributed by atoms with Crippen LogP contribution in [-0.4, -0.2) is 28.8 Å². The topological polar surface area (TPSA) is 32.7 Å². The van der Waals surface area contributed by atoms with Crippen molar-refractivity contribution >= 4 is 22.8 Å². The molecular formula is C11H12N2OS. The van der Waals surface area contributed by atoms with E-state index in [1.54, 1.807) is 0 Å². The minimum Gasteiger partial charge on any atom is -0.337 e. The lowest BCUT2D eigenvalue weighted by atomic mass is 10.2. The molecule has 0 spiro atoms. The highest BCUT2D eigenvalue weighted by Crippen LogP contribution is 2.15. The van der Waals surface area contributed by atoms with Crippen molar-refractivity contribution in [1.82, 2.24) is 4.90 Å². The van der Waals surface area contributed by atoms with Gasteiger partial charge in [-0.25, -0.2) is 0 Å². The fourth-order valence-corrected chi connectivity index (χ4v) is 2.13. The zero-order chi connectivity index (χ0) is 10.7. The van der Waals surface area contributed by atoms with Crippen molar-refractivity contribution in [2.45, 2.75) is 6.54 Å². The largest absolute Gasteiger partial charge is 0.337 e. The molecule has 1 amide bonds. The summed E-state index contributed by atoms with van der Waals surface area (Å²) in [4.78, 5) is 17.1. The summed E-state index contributed by atoms with van der Waals surface area (Å²) in [5, 5.41) is 0.823. The molecule has 0 saturated carbocycles. The average molecular weight is 220 g/mol. The molecule has 0 fully saturated rings. The van der Waals surface area contributed by atoms with Crippen LogP contribution in [-0.2, 0) is 11.3 Å². The van der Waals surface area contributed by atoms with E-state index in [1.165, 1.54) is 17.3 Å². The number of hydrogen-bond acceptors (Lipinski definition) is 3. The van der Waals surface area contributed by atoms with Crippen LogP contribution >= 0.6 is 11.8 Å². The summed E-state index contributed by atoms with van der Waals surface area (Å²) in [6, 6.07) is 10.1. The zero-order valence-electron chi connectivity index (χ0n) is 8.51. The lowest BCUT2D eigenvalue weighted by Crippen LogP contribution is -2.25. The van der Waals surface area contributed by atoms with Crippen molar-refractivity contribution in [3.05, 3.63) is 35.9 Å². The minimum atomic E-state index is -0.0460. The van der Waals surface area contributed by atoms with E-state index in [4.69, 9.17) is 0 Å². The average Bonchev–Trinajstić information content (AvgIpc) is 2.60. The van der Waals surface area contributed by atoms with E-state index in [1.807, 2.05) is 29.4 Å². The number of thioether (sulfide) groups is 1. The first kappa shape index (κ1) is 10.2. The van der Waals surface area contributed by atoms with Gasteiger partial charge in [0, 0.05) is 6.54 Å². The highest BCUT2D eigenvalue weighted by atomic mass is 32.2. The van der Waals surface area contributed by atoms with E-state index in [-0.39, 0.29) is 5.91 Å². The Morgan fingerprint density at radius 3 is 2.80 bits per heavy atom. The number of aliphatic imine (C=N–C) groups is 1. The molecule has 0 bridgehead atoms. The van der Waals surface area contributed by atoms with E-state index >= 15 is 0 Å². The molecular weight excluding hydrogens is 208 g/mol. The van der Waals surface area contributed by atoms with Crippen molar-refractivity contribution < 1.29 is 4.79 Å². The maximum Gasteiger partial charge on any atom is 0.267 e. The van der Waals surface area contributed by atoms with Gasteiger partial charge < -0.3 is 4.90 Å². The smallest absolute Gasteiger partial charge is 0.267 e. The molecule has 0 N–H and O–H groups in total. The second-order valence-corrected chi connectivity index (χ2v) is 4.11. The van der Waals surface area contributed by atoms with Crippen LogP contribution in [0, 0.1) is 0 Å². The summed E-state index contributed by atoms with van der Waals surface area (Å²) < 4.78 is 0. The molecule has 1 aromatic rings. The summed E-state index contributed by atoms with van der Waals surface area (Å²) in [6.45, 7) is 1.16. The van der Waals surface area contributed by atoms with Crippen molar-refractivity contribution in [3.8, 4) is 0 Å². The number of nitrogens with zero attached hydrogens (tertiary/aromatic N) is 2. The molecule has 0 radical (unpaired) electrons. The van der Waals surface area contributed by atoms with Crippen LogP contribution in [0.25, 0.3) is 0 Å². The number of rotatable bonds is 2. The van der Waals surface area contributed by atoms with Gasteiger partial charge in [-0.2, -0.15) is 4.99 Å². The van der Waals surface area contributed by atoms with Crippen LogP contribution in [0.2, 0.25) is 0 Å². The molecule has 1 aliphatic rings. The van der Waals surface area contributed by atoms with Gasteiger partial charge in [0.25, 0.3) is 5.91 Å². The van der Waals surface area contributed by atoms with E-state index in [0.717, 1.165) is 11.7 Å². The van der Waals surface area contributed by atoms with E-state index in [9.17, 15) is 4.79 Å². The highest BCUT2D eigenvalue weighted by Gasteiger charge is 2.22. The molecule has 2 rings (SSSR count). The van der Waals surface area contributed by atoms with E-state index in [0.29, 0.717) is 6.54 Å². The van der Waals surface area contributed by atoms with Gasteiger partial charge in [0.05, 0.1) is 0 Å². The van der Waals surface area contributed by atoms with E-state index in [2.05, 4.69) is 17.1 Å². The standard InChI is InChI=1S/C11H12N2OS/c1-15-11-12-10(14)8-13(11)7-9-5-3-2-4-6-9/h2-6H,7-8H2,1H3. The summed E-state index contributed by atoms with van der Waals surface area (Å²) in [5.74, 6) is -0.0460. The molecule has 4 heteroatoms. The predicted molar refractivity (Wildman–Crippen MR) is 62.8 cm³/mol. The van der Waals surface area contributed by atoms with Gasteiger partial charge in [-0.1, -0.05) is 42.1 Å². The van der Waals surface area contributed by atoms with Gasteiger partial charge in [0.1, 0.15) is 6.54 Å². The molecule has 0 aromatic heterocycles. The first-order chi connectivity index (χ1) is 7.29. The van der Waals surface area contributed by atoms with Crippen molar-refractivity contribution in [1.29, 1.82) is 0 Å². The van der Waals surface area contributed by atoms with Crippen LogP contribution in [0.3, 0.4) is 0 Å². The van der Waals surface area contributed by atoms with Crippen LogP contribution in [0.1, 0.15) is 5.56 Å². The summed E-state index contributed by atoms with van der Waals surface area (Å²) in [6.07, 6.45) is 1.94. The normalized spacial score (nSPS) is 15.7. The molecule has 1 heterocycles. The molecule has 0 atom stereocenters. The lowest BCUT2D eigenvalue weighted by Gasteiger charge is -2.17. The Hall–Kier alpha value is -1.29. The second-order valence-electron chi connectivity index (χ2n) is 3.33. The number of hydrogen-bond donors (Lipinski definition) is 0. The van der Waals surface area contributed by atoms with Crippen LogP contribution in [0.4, 0.5) is 0 Å². The Balaban J connectivity index is 2.08. The SMILES string of the molecule is CSC1=NC(=O)CN1Cc1ccccc1. The van der Waals surface area contributed by atoms with Crippen LogP contribution in [0.15, 0.2) is 35.3 Å². The third-order valence-corrected chi connectivity index (χ3v) is 2.93. The number of benzene rings is 1. The molecule has 15 heavy (non-hydrogen) atoms. The van der Waals surface area contributed by atoms with Gasteiger partial charge in [-0.15, -0.1) is 0 Å². The maximum absolute atomic E-state index is 11.2. The summed E-state index contributed by atoms with van der Waals surface area (Å²) in [5.41, 5.74) is 1.20. The molecule has 1 aliphatic heterocycles. The zero-order valence-corrected chi connectivity index (χ0v) is 9.33. The first-order valence-corrected chi connectivity index (χ1v) is 5.96. The monoisotopic (exact) mass is 220 g/mol. The predicted octanol–water partition coefficient (Wildman–Crippen LogP) is 1.75. The van der Waals surface area contributed by atoms with E-state index < -0.39 is 0 Å². The highest BCUT2D eigenvalue weighted by molar-refractivity contribution is 8.13. The molecule has 0 aliphatic carbocycles. The Morgan fingerprint density at radius 2 is 2.13 bits per heavy atom. The molecule has 3 nitrogen and oxygen atoms in total. The Morgan fingerprint density at radius 1 is 1.40 bits per heavy atom. The van der Waals surface area contributed by atoms with Crippen LogP contribution < -0.4 is 0 Å². The van der Waals surface area contributed by atoms with Crippen LogP contribution in [0.5, 0.6) is 0 Å². The number of carbonyl (C=O) groups excluding carboxylic acids is 1. The number of amidine groups is 1. The van der Waals surface area contributed by atoms with Crippen molar-refractivity contribution in [3.63, 3.8) is 0 Å². The Bertz CT molecular complexity index is 389. The summed E-state index contributed by atoms with van der Waals surface area (Å²) in [7, 11) is 0. The molecule has 0 unspecified atom stereocenters. The second kappa shape index (κ2) is 4.49. The summed E-state index contributed by atoms with van der Waals surface area (Å²) >= 11 is 1.52. The maximum atomic E-state index is 11.2. The van der Waals surface area contributed by atoms with Gasteiger partial charge in [-0.05, 0) is 11.8 Å². The minimum absolute atomic E-state index is 0.0460. The number of amides is 1. The Labute approximate surface area is 93.2 Å². The fraction of sp³-hybridized carbons (Fsp3) is 0.273. The molecule has 0 saturated heterocycles. The van der Waals surface area contributed by atoms with Gasteiger partial charge in [-0.3, -0.25) is 4.79 Å². The third-order valence-electron chi connectivity index (χ3n) is 2.22. The first-order valence-electron chi connectivity index (χ1n) is 4.74. The fourth-order valence-electron chi connectivity index (χ4n) is 1.55. The lowest BCUT2D eigenvalue weighted by molar-refractivity contribution is -0.117. The quantitative estimate of drug-likeness (QED) is 0.761. The number of carbonyl (C=O) groups is 1. The molecule has 78 valence electrons. The molecule has 1 aromatic carbocycles. The third kappa shape index (κ3) is 2.39. The van der Waals surface area contributed by atoms with Crippen molar-refractivity contribution in [2.75, 3.05) is 12.8 Å². The van der Waals surface area contributed by atoms with Crippen molar-refractivity contribution in [2.24, 2.45) is 4.99 Å².